The highest BCUT2D eigenvalue weighted by Gasteiger charge is 2.27. The SMILES string of the molecule is C[C@@H]1CCC[C@H](OCC(=O)N2CCCC[C@H]2CN)C1. The van der Waals surface area contributed by atoms with Crippen LogP contribution in [0.25, 0.3) is 0 Å². The van der Waals surface area contributed by atoms with Crippen LogP contribution in [-0.4, -0.2) is 42.6 Å². The fourth-order valence-electron chi connectivity index (χ4n) is 3.38. The van der Waals surface area contributed by atoms with Gasteiger partial charge in [0.2, 0.25) is 5.91 Å². The lowest BCUT2D eigenvalue weighted by atomic mass is 9.89. The molecule has 1 saturated heterocycles. The van der Waals surface area contributed by atoms with Crippen LogP contribution in [0, 0.1) is 5.92 Å². The first-order chi connectivity index (χ1) is 9.20. The molecule has 2 rings (SSSR count). The van der Waals surface area contributed by atoms with Gasteiger partial charge in [-0.25, -0.2) is 0 Å². The third-order valence-electron chi connectivity index (χ3n) is 4.55. The van der Waals surface area contributed by atoms with E-state index in [9.17, 15) is 4.79 Å². The summed E-state index contributed by atoms with van der Waals surface area (Å²) in [6.45, 7) is 3.94. The Labute approximate surface area is 116 Å². The summed E-state index contributed by atoms with van der Waals surface area (Å²) in [5.74, 6) is 0.869. The second-order valence-electron chi connectivity index (χ2n) is 6.18. The lowest BCUT2D eigenvalue weighted by molar-refractivity contribution is -0.142. The first-order valence-corrected chi connectivity index (χ1v) is 7.82. The Kier molecular flexibility index (Phi) is 5.64. The molecular weight excluding hydrogens is 240 g/mol. The van der Waals surface area contributed by atoms with Crippen molar-refractivity contribution in [2.24, 2.45) is 11.7 Å². The maximum absolute atomic E-state index is 12.2. The van der Waals surface area contributed by atoms with E-state index in [2.05, 4.69) is 6.92 Å². The average molecular weight is 268 g/mol. The molecule has 1 heterocycles. The third kappa shape index (κ3) is 4.18. The predicted molar refractivity (Wildman–Crippen MR) is 75.8 cm³/mol. The zero-order valence-electron chi connectivity index (χ0n) is 12.1. The molecule has 4 nitrogen and oxygen atoms in total. The first kappa shape index (κ1) is 14.8. The van der Waals surface area contributed by atoms with E-state index in [-0.39, 0.29) is 24.7 Å². The fraction of sp³-hybridized carbons (Fsp3) is 0.933. The van der Waals surface area contributed by atoms with Crippen molar-refractivity contribution in [3.05, 3.63) is 0 Å². The van der Waals surface area contributed by atoms with Gasteiger partial charge in [0.25, 0.3) is 0 Å². The van der Waals surface area contributed by atoms with Gasteiger partial charge in [-0.05, 0) is 38.0 Å². The van der Waals surface area contributed by atoms with Crippen LogP contribution in [0.1, 0.15) is 51.9 Å². The minimum Gasteiger partial charge on any atom is -0.368 e. The molecule has 0 unspecified atom stereocenters. The van der Waals surface area contributed by atoms with Crippen LogP contribution < -0.4 is 5.73 Å². The van der Waals surface area contributed by atoms with Gasteiger partial charge in [-0.2, -0.15) is 0 Å². The van der Waals surface area contributed by atoms with E-state index in [1.165, 1.54) is 19.3 Å². The zero-order chi connectivity index (χ0) is 13.7. The smallest absolute Gasteiger partial charge is 0.248 e. The lowest BCUT2D eigenvalue weighted by Gasteiger charge is -2.35. The van der Waals surface area contributed by atoms with Crippen LogP contribution in [0.2, 0.25) is 0 Å². The highest BCUT2D eigenvalue weighted by Crippen LogP contribution is 2.26. The number of nitrogens with zero attached hydrogens (tertiary/aromatic N) is 1. The number of carbonyl (C=O) groups excluding carboxylic acids is 1. The number of likely N-dealkylation sites (tertiary alicyclic amines) is 1. The molecular formula is C15H28N2O2. The molecule has 0 bridgehead atoms. The first-order valence-electron chi connectivity index (χ1n) is 7.82. The van der Waals surface area contributed by atoms with Crippen molar-refractivity contribution < 1.29 is 9.53 Å². The molecule has 1 amide bonds. The summed E-state index contributed by atoms with van der Waals surface area (Å²) in [4.78, 5) is 14.2. The van der Waals surface area contributed by atoms with Crippen molar-refractivity contribution in [2.75, 3.05) is 19.7 Å². The Morgan fingerprint density at radius 2 is 2.11 bits per heavy atom. The Hall–Kier alpha value is -0.610. The Morgan fingerprint density at radius 1 is 1.26 bits per heavy atom. The van der Waals surface area contributed by atoms with Crippen molar-refractivity contribution >= 4 is 5.91 Å². The van der Waals surface area contributed by atoms with Gasteiger partial charge in [-0.3, -0.25) is 4.79 Å². The summed E-state index contributed by atoms with van der Waals surface area (Å²) in [7, 11) is 0. The number of rotatable bonds is 4. The highest BCUT2D eigenvalue weighted by atomic mass is 16.5. The van der Waals surface area contributed by atoms with Gasteiger partial charge >= 0.3 is 0 Å². The zero-order valence-corrected chi connectivity index (χ0v) is 12.1. The van der Waals surface area contributed by atoms with Gasteiger partial charge < -0.3 is 15.4 Å². The van der Waals surface area contributed by atoms with E-state index in [1.807, 2.05) is 4.90 Å². The van der Waals surface area contributed by atoms with Gasteiger partial charge in [0.15, 0.2) is 0 Å². The molecule has 3 atom stereocenters. The Bertz CT molecular complexity index is 296. The number of hydrogen-bond donors (Lipinski definition) is 1. The number of amides is 1. The summed E-state index contributed by atoms with van der Waals surface area (Å²) < 4.78 is 5.83. The summed E-state index contributed by atoms with van der Waals surface area (Å²) in [6, 6.07) is 0.232. The summed E-state index contributed by atoms with van der Waals surface area (Å²) in [5, 5.41) is 0. The molecule has 0 spiro atoms. The molecule has 0 radical (unpaired) electrons. The molecule has 0 aromatic carbocycles. The van der Waals surface area contributed by atoms with Crippen LogP contribution in [0.15, 0.2) is 0 Å². The Balaban J connectivity index is 1.76. The monoisotopic (exact) mass is 268 g/mol. The van der Waals surface area contributed by atoms with E-state index >= 15 is 0 Å². The number of nitrogens with two attached hydrogens (primary N) is 1. The standard InChI is InChI=1S/C15H28N2O2/c1-12-5-4-7-14(9-12)19-11-15(18)17-8-3-2-6-13(17)10-16/h12-14H,2-11,16H2,1H3/t12-,13+,14+/m1/s1. The van der Waals surface area contributed by atoms with Crippen LogP contribution >= 0.6 is 0 Å². The van der Waals surface area contributed by atoms with E-state index in [0.29, 0.717) is 6.54 Å². The molecule has 2 aliphatic rings. The van der Waals surface area contributed by atoms with E-state index < -0.39 is 0 Å². The second kappa shape index (κ2) is 7.25. The molecule has 0 aromatic rings. The topological polar surface area (TPSA) is 55.6 Å². The van der Waals surface area contributed by atoms with Gasteiger partial charge in [-0.15, -0.1) is 0 Å². The van der Waals surface area contributed by atoms with Crippen molar-refractivity contribution in [1.29, 1.82) is 0 Å². The number of carbonyl (C=O) groups is 1. The van der Waals surface area contributed by atoms with E-state index in [1.54, 1.807) is 0 Å². The predicted octanol–water partition coefficient (Wildman–Crippen LogP) is 1.92. The lowest BCUT2D eigenvalue weighted by Crippen LogP contribution is -2.49. The van der Waals surface area contributed by atoms with Crippen molar-refractivity contribution in [2.45, 2.75) is 64.0 Å². The number of piperidine rings is 1. The number of hydrogen-bond acceptors (Lipinski definition) is 3. The number of ether oxygens (including phenoxy) is 1. The van der Waals surface area contributed by atoms with Crippen LogP contribution in [0.5, 0.6) is 0 Å². The second-order valence-corrected chi connectivity index (χ2v) is 6.18. The molecule has 110 valence electrons. The largest absolute Gasteiger partial charge is 0.368 e. The van der Waals surface area contributed by atoms with Crippen LogP contribution in [0.4, 0.5) is 0 Å². The molecule has 0 aromatic heterocycles. The maximum atomic E-state index is 12.2. The third-order valence-corrected chi connectivity index (χ3v) is 4.55. The molecule has 1 aliphatic heterocycles. The quantitative estimate of drug-likeness (QED) is 0.847. The maximum Gasteiger partial charge on any atom is 0.248 e. The van der Waals surface area contributed by atoms with Crippen LogP contribution in [-0.2, 0) is 9.53 Å². The minimum atomic E-state index is 0.133. The molecule has 2 N–H and O–H groups in total. The molecule has 2 fully saturated rings. The normalized spacial score (nSPS) is 32.3. The van der Waals surface area contributed by atoms with Crippen molar-refractivity contribution in [3.63, 3.8) is 0 Å². The molecule has 4 heteroatoms. The van der Waals surface area contributed by atoms with Crippen molar-refractivity contribution in [1.82, 2.24) is 4.90 Å². The molecule has 19 heavy (non-hydrogen) atoms. The van der Waals surface area contributed by atoms with E-state index in [4.69, 9.17) is 10.5 Å². The van der Waals surface area contributed by atoms with Gasteiger partial charge in [0, 0.05) is 19.1 Å². The van der Waals surface area contributed by atoms with E-state index in [0.717, 1.165) is 38.1 Å². The van der Waals surface area contributed by atoms with Gasteiger partial charge in [-0.1, -0.05) is 19.8 Å². The van der Waals surface area contributed by atoms with Gasteiger partial charge in [0.05, 0.1) is 6.10 Å². The average Bonchev–Trinajstić information content (AvgIpc) is 2.45. The van der Waals surface area contributed by atoms with Gasteiger partial charge in [0.1, 0.15) is 6.61 Å². The minimum absolute atomic E-state index is 0.133. The molecule has 1 saturated carbocycles. The highest BCUT2D eigenvalue weighted by molar-refractivity contribution is 5.78. The summed E-state index contributed by atoms with van der Waals surface area (Å²) in [5.41, 5.74) is 5.75. The van der Waals surface area contributed by atoms with Crippen molar-refractivity contribution in [3.8, 4) is 0 Å². The Morgan fingerprint density at radius 3 is 2.84 bits per heavy atom. The summed E-state index contributed by atoms with van der Waals surface area (Å²) >= 11 is 0. The fourth-order valence-corrected chi connectivity index (χ4v) is 3.38. The van der Waals surface area contributed by atoms with Crippen LogP contribution in [0.3, 0.4) is 0 Å². The summed E-state index contributed by atoms with van der Waals surface area (Å²) in [6.07, 6.45) is 8.36. The molecule has 1 aliphatic carbocycles.